The summed E-state index contributed by atoms with van der Waals surface area (Å²) in [5, 5.41) is 3.46. The number of hydrogen-bond donors (Lipinski definition) is 1. The van der Waals surface area contributed by atoms with Gasteiger partial charge in [-0.1, -0.05) is 31.2 Å². The van der Waals surface area contributed by atoms with Crippen LogP contribution in [0.25, 0.3) is 0 Å². The molecule has 0 saturated heterocycles. The molecule has 0 aliphatic heterocycles. The summed E-state index contributed by atoms with van der Waals surface area (Å²) in [4.78, 5) is 0. The van der Waals surface area contributed by atoms with Crippen molar-refractivity contribution in [2.45, 2.75) is 44.6 Å². The number of nitrogens with one attached hydrogen (secondary N) is 1. The smallest absolute Gasteiger partial charge is 0.0130 e. The van der Waals surface area contributed by atoms with Crippen molar-refractivity contribution in [3.05, 3.63) is 35.4 Å². The second kappa shape index (κ2) is 4.80. The Balaban J connectivity index is 2.28. The largest absolute Gasteiger partial charge is 0.316 e. The van der Waals surface area contributed by atoms with Gasteiger partial charge in [0.25, 0.3) is 0 Å². The Morgan fingerprint density at radius 1 is 1.40 bits per heavy atom. The molecule has 1 aliphatic carbocycles. The molecule has 82 valence electrons. The van der Waals surface area contributed by atoms with E-state index >= 15 is 0 Å². The molecule has 1 N–H and O–H groups in total. The minimum atomic E-state index is 0.645. The molecular formula is C14H21N. The molecule has 0 spiro atoms. The Morgan fingerprint density at radius 3 is 2.93 bits per heavy atom. The van der Waals surface area contributed by atoms with Crippen LogP contribution in [-0.2, 0) is 6.42 Å². The first kappa shape index (κ1) is 10.7. The fraction of sp³-hybridized carbons (Fsp3) is 0.571. The molecule has 1 aromatic carbocycles. The number of hydrogen-bond acceptors (Lipinski definition) is 1. The van der Waals surface area contributed by atoms with Crippen molar-refractivity contribution in [2.75, 3.05) is 7.05 Å². The highest BCUT2D eigenvalue weighted by atomic mass is 14.9. The van der Waals surface area contributed by atoms with Gasteiger partial charge in [-0.2, -0.15) is 0 Å². The summed E-state index contributed by atoms with van der Waals surface area (Å²) in [7, 11) is 2.09. The lowest BCUT2D eigenvalue weighted by Gasteiger charge is -2.31. The summed E-state index contributed by atoms with van der Waals surface area (Å²) >= 11 is 0. The van der Waals surface area contributed by atoms with Crippen LogP contribution in [0.1, 0.15) is 43.2 Å². The van der Waals surface area contributed by atoms with E-state index in [-0.39, 0.29) is 0 Å². The summed E-state index contributed by atoms with van der Waals surface area (Å²) in [6.07, 6.45) is 5.18. The zero-order valence-corrected chi connectivity index (χ0v) is 9.79. The first-order chi connectivity index (χ1) is 7.36. The fourth-order valence-electron chi connectivity index (χ4n) is 2.90. The van der Waals surface area contributed by atoms with Crippen molar-refractivity contribution in [3.63, 3.8) is 0 Å². The van der Waals surface area contributed by atoms with Gasteiger partial charge in [-0.05, 0) is 49.8 Å². The Morgan fingerprint density at radius 2 is 2.20 bits per heavy atom. The third-order valence-electron chi connectivity index (χ3n) is 3.71. The topological polar surface area (TPSA) is 12.0 Å². The van der Waals surface area contributed by atoms with E-state index in [1.807, 2.05) is 0 Å². The molecule has 1 heteroatoms. The van der Waals surface area contributed by atoms with Crippen molar-refractivity contribution in [1.29, 1.82) is 0 Å². The van der Waals surface area contributed by atoms with Gasteiger partial charge in [-0.3, -0.25) is 0 Å². The van der Waals surface area contributed by atoms with Crippen LogP contribution in [0.3, 0.4) is 0 Å². The van der Waals surface area contributed by atoms with Crippen LogP contribution in [0.2, 0.25) is 0 Å². The second-order valence-electron chi connectivity index (χ2n) is 4.50. The molecule has 1 aromatic rings. The highest BCUT2D eigenvalue weighted by Gasteiger charge is 2.25. The molecule has 1 aliphatic rings. The summed E-state index contributed by atoms with van der Waals surface area (Å²) in [6, 6.07) is 9.61. The van der Waals surface area contributed by atoms with Gasteiger partial charge >= 0.3 is 0 Å². The average Bonchev–Trinajstić information content (AvgIpc) is 2.31. The van der Waals surface area contributed by atoms with Gasteiger partial charge in [0, 0.05) is 6.04 Å². The van der Waals surface area contributed by atoms with Crippen LogP contribution in [0.15, 0.2) is 24.3 Å². The number of likely N-dealkylation sites (N-methyl/N-ethyl adjacent to an activating group) is 1. The van der Waals surface area contributed by atoms with E-state index in [4.69, 9.17) is 0 Å². The van der Waals surface area contributed by atoms with E-state index in [1.54, 1.807) is 11.1 Å². The first-order valence-electron chi connectivity index (χ1n) is 6.12. The second-order valence-corrected chi connectivity index (χ2v) is 4.50. The zero-order chi connectivity index (χ0) is 10.7. The molecule has 0 bridgehead atoms. The monoisotopic (exact) mass is 203 g/mol. The van der Waals surface area contributed by atoms with Gasteiger partial charge in [0.1, 0.15) is 0 Å². The number of aryl methyl sites for hydroxylation is 1. The van der Waals surface area contributed by atoms with Gasteiger partial charge < -0.3 is 5.32 Å². The van der Waals surface area contributed by atoms with E-state index in [0.717, 1.165) is 5.92 Å². The minimum Gasteiger partial charge on any atom is -0.316 e. The number of fused-ring (bicyclic) bond motifs is 1. The molecule has 0 saturated carbocycles. The fourth-order valence-corrected chi connectivity index (χ4v) is 2.90. The van der Waals surface area contributed by atoms with E-state index in [1.165, 1.54) is 25.7 Å². The van der Waals surface area contributed by atoms with Gasteiger partial charge in [0.05, 0.1) is 0 Å². The molecule has 0 radical (unpaired) electrons. The highest BCUT2D eigenvalue weighted by Crippen LogP contribution is 2.34. The Bertz CT molecular complexity index is 315. The SMILES string of the molecule is CCC(NC)C1CCCc2ccccc21. The molecule has 1 nitrogen and oxygen atoms in total. The molecule has 0 fully saturated rings. The van der Waals surface area contributed by atoms with Crippen LogP contribution in [0.4, 0.5) is 0 Å². The van der Waals surface area contributed by atoms with E-state index < -0.39 is 0 Å². The third-order valence-corrected chi connectivity index (χ3v) is 3.71. The molecule has 15 heavy (non-hydrogen) atoms. The molecular weight excluding hydrogens is 182 g/mol. The number of benzene rings is 1. The maximum atomic E-state index is 3.46. The lowest BCUT2D eigenvalue weighted by molar-refractivity contribution is 0.404. The standard InChI is InChI=1S/C14H21N/c1-3-14(15-2)13-10-6-8-11-7-4-5-9-12(11)13/h4-5,7,9,13-15H,3,6,8,10H2,1-2H3. The van der Waals surface area contributed by atoms with Crippen LogP contribution in [0, 0.1) is 0 Å². The predicted molar refractivity (Wildman–Crippen MR) is 65.3 cm³/mol. The van der Waals surface area contributed by atoms with Crippen LogP contribution < -0.4 is 5.32 Å². The summed E-state index contributed by atoms with van der Waals surface area (Å²) < 4.78 is 0. The van der Waals surface area contributed by atoms with Crippen LogP contribution in [0.5, 0.6) is 0 Å². The van der Waals surface area contributed by atoms with Gasteiger partial charge in [-0.25, -0.2) is 0 Å². The first-order valence-corrected chi connectivity index (χ1v) is 6.12. The predicted octanol–water partition coefficient (Wildman–Crippen LogP) is 3.10. The zero-order valence-electron chi connectivity index (χ0n) is 9.79. The van der Waals surface area contributed by atoms with Crippen LogP contribution >= 0.6 is 0 Å². The van der Waals surface area contributed by atoms with E-state index in [9.17, 15) is 0 Å². The number of rotatable bonds is 3. The summed E-state index contributed by atoms with van der Waals surface area (Å²) in [6.45, 7) is 2.28. The maximum Gasteiger partial charge on any atom is 0.0130 e. The highest BCUT2D eigenvalue weighted by molar-refractivity contribution is 5.33. The quantitative estimate of drug-likeness (QED) is 0.796. The Hall–Kier alpha value is -0.820. The molecule has 2 unspecified atom stereocenters. The average molecular weight is 203 g/mol. The van der Waals surface area contributed by atoms with Gasteiger partial charge in [0.15, 0.2) is 0 Å². The lowest BCUT2D eigenvalue weighted by atomic mass is 9.78. The van der Waals surface area contributed by atoms with Crippen molar-refractivity contribution < 1.29 is 0 Å². The van der Waals surface area contributed by atoms with Gasteiger partial charge in [-0.15, -0.1) is 0 Å². The van der Waals surface area contributed by atoms with Crippen LogP contribution in [-0.4, -0.2) is 13.1 Å². The van der Waals surface area contributed by atoms with E-state index in [0.29, 0.717) is 6.04 Å². The van der Waals surface area contributed by atoms with Crippen molar-refractivity contribution in [1.82, 2.24) is 5.32 Å². The van der Waals surface area contributed by atoms with Crippen molar-refractivity contribution >= 4 is 0 Å². The summed E-state index contributed by atoms with van der Waals surface area (Å²) in [5.74, 6) is 0.727. The maximum absolute atomic E-state index is 3.46. The summed E-state index contributed by atoms with van der Waals surface area (Å²) in [5.41, 5.74) is 3.16. The van der Waals surface area contributed by atoms with E-state index in [2.05, 4.69) is 43.6 Å². The molecule has 0 aromatic heterocycles. The minimum absolute atomic E-state index is 0.645. The molecule has 0 heterocycles. The normalized spacial score (nSPS) is 22.1. The molecule has 0 amide bonds. The third kappa shape index (κ3) is 2.07. The molecule has 2 rings (SSSR count). The van der Waals surface area contributed by atoms with Gasteiger partial charge in [0.2, 0.25) is 0 Å². The lowest BCUT2D eigenvalue weighted by Crippen LogP contribution is -2.33. The Kier molecular flexibility index (Phi) is 3.42. The van der Waals surface area contributed by atoms with Crippen molar-refractivity contribution in [2.24, 2.45) is 0 Å². The molecule has 2 atom stereocenters. The Labute approximate surface area is 92.9 Å². The van der Waals surface area contributed by atoms with Crippen molar-refractivity contribution in [3.8, 4) is 0 Å².